The highest BCUT2D eigenvalue weighted by atomic mass is 79.9. The molecule has 1 aliphatic carbocycles. The van der Waals surface area contributed by atoms with E-state index in [1.807, 2.05) is 0 Å². The third-order valence-corrected chi connectivity index (χ3v) is 4.10. The van der Waals surface area contributed by atoms with Crippen molar-refractivity contribution in [3.63, 3.8) is 0 Å². The fourth-order valence-corrected chi connectivity index (χ4v) is 3.03. The van der Waals surface area contributed by atoms with Gasteiger partial charge in [-0.05, 0) is 31.0 Å². The quantitative estimate of drug-likeness (QED) is 0.882. The molecular weight excluding hydrogens is 329 g/mol. The minimum Gasteiger partial charge on any atom is -0.481 e. The lowest BCUT2D eigenvalue weighted by Gasteiger charge is -2.28. The van der Waals surface area contributed by atoms with Crippen LogP contribution in [0, 0.1) is 5.82 Å². The van der Waals surface area contributed by atoms with E-state index in [1.165, 1.54) is 18.2 Å². The lowest BCUT2D eigenvalue weighted by atomic mass is 9.92. The predicted molar refractivity (Wildman–Crippen MR) is 75.0 cm³/mol. The lowest BCUT2D eigenvalue weighted by molar-refractivity contribution is -0.138. The van der Waals surface area contributed by atoms with Crippen LogP contribution in [0.1, 0.15) is 42.5 Å². The van der Waals surface area contributed by atoms with E-state index >= 15 is 0 Å². The number of carbonyl (C=O) groups is 2. The predicted octanol–water partition coefficient (Wildman–Crippen LogP) is 3.11. The Morgan fingerprint density at radius 2 is 2.00 bits per heavy atom. The summed E-state index contributed by atoms with van der Waals surface area (Å²) in [5.74, 6) is -2.14. The molecule has 0 aromatic heterocycles. The van der Waals surface area contributed by atoms with Crippen molar-refractivity contribution in [1.29, 1.82) is 0 Å². The van der Waals surface area contributed by atoms with E-state index in [2.05, 4.69) is 21.2 Å². The van der Waals surface area contributed by atoms with E-state index in [0.717, 1.165) is 12.8 Å². The number of carboxylic acids is 1. The maximum absolute atomic E-state index is 13.7. The van der Waals surface area contributed by atoms with Crippen molar-refractivity contribution >= 4 is 27.8 Å². The standard InChI is InChI=1S/C14H15BrFNO3/c15-9-3-4-11(16)10(7-9)13(20)17-14(8-12(18)19)5-1-2-6-14/h3-4,7H,1-2,5-6,8H2,(H,17,20)(H,18,19). The highest BCUT2D eigenvalue weighted by Gasteiger charge is 2.38. The molecule has 0 heterocycles. The second kappa shape index (κ2) is 5.91. The highest BCUT2D eigenvalue weighted by molar-refractivity contribution is 9.10. The number of carboxylic acid groups (broad SMARTS) is 1. The molecule has 0 bridgehead atoms. The number of carbonyl (C=O) groups excluding carboxylic acids is 1. The van der Waals surface area contributed by atoms with Crippen LogP contribution in [-0.2, 0) is 4.79 Å². The SMILES string of the molecule is O=C(O)CC1(NC(=O)c2cc(Br)ccc2F)CCCC1. The third kappa shape index (κ3) is 3.36. The van der Waals surface area contributed by atoms with Gasteiger partial charge in [-0.15, -0.1) is 0 Å². The van der Waals surface area contributed by atoms with Crippen LogP contribution in [0.5, 0.6) is 0 Å². The molecule has 1 amide bonds. The van der Waals surface area contributed by atoms with Gasteiger partial charge in [0.25, 0.3) is 5.91 Å². The van der Waals surface area contributed by atoms with Gasteiger partial charge in [0.05, 0.1) is 17.5 Å². The second-order valence-corrected chi connectivity index (χ2v) is 6.05. The summed E-state index contributed by atoms with van der Waals surface area (Å²) in [6.45, 7) is 0. The van der Waals surface area contributed by atoms with Crippen LogP contribution in [0.15, 0.2) is 22.7 Å². The number of nitrogens with one attached hydrogen (secondary N) is 1. The van der Waals surface area contributed by atoms with Gasteiger partial charge < -0.3 is 10.4 Å². The number of hydrogen-bond donors (Lipinski definition) is 2. The third-order valence-electron chi connectivity index (χ3n) is 3.60. The number of benzene rings is 1. The van der Waals surface area contributed by atoms with Crippen LogP contribution < -0.4 is 5.32 Å². The summed E-state index contributed by atoms with van der Waals surface area (Å²) < 4.78 is 14.3. The summed E-state index contributed by atoms with van der Waals surface area (Å²) in [7, 11) is 0. The van der Waals surface area contributed by atoms with Crippen molar-refractivity contribution in [1.82, 2.24) is 5.32 Å². The highest BCUT2D eigenvalue weighted by Crippen LogP contribution is 2.33. The van der Waals surface area contributed by atoms with Gasteiger partial charge >= 0.3 is 5.97 Å². The normalized spacial score (nSPS) is 16.9. The molecule has 0 unspecified atom stereocenters. The minimum absolute atomic E-state index is 0.0731. The maximum atomic E-state index is 13.7. The van der Waals surface area contributed by atoms with E-state index in [0.29, 0.717) is 17.3 Å². The molecule has 1 fully saturated rings. The average Bonchev–Trinajstić information content (AvgIpc) is 2.79. The molecule has 6 heteroatoms. The Labute approximate surface area is 124 Å². The lowest BCUT2D eigenvalue weighted by Crippen LogP contribution is -2.48. The fourth-order valence-electron chi connectivity index (χ4n) is 2.67. The van der Waals surface area contributed by atoms with E-state index < -0.39 is 23.2 Å². The van der Waals surface area contributed by atoms with E-state index in [9.17, 15) is 14.0 Å². The molecular formula is C14H15BrFNO3. The molecule has 1 aromatic carbocycles. The first-order chi connectivity index (χ1) is 9.42. The van der Waals surface area contributed by atoms with E-state index in [-0.39, 0.29) is 12.0 Å². The Morgan fingerprint density at radius 1 is 1.35 bits per heavy atom. The molecule has 1 aromatic rings. The number of aliphatic carboxylic acids is 1. The van der Waals surface area contributed by atoms with Gasteiger partial charge in [-0.2, -0.15) is 0 Å². The molecule has 108 valence electrons. The fraction of sp³-hybridized carbons (Fsp3) is 0.429. The molecule has 4 nitrogen and oxygen atoms in total. The molecule has 2 N–H and O–H groups in total. The number of rotatable bonds is 4. The summed E-state index contributed by atoms with van der Waals surface area (Å²) in [5.41, 5.74) is -0.825. The van der Waals surface area contributed by atoms with Crippen LogP contribution in [0.3, 0.4) is 0 Å². The molecule has 0 atom stereocenters. The minimum atomic E-state index is -0.957. The van der Waals surface area contributed by atoms with Gasteiger partial charge in [-0.25, -0.2) is 4.39 Å². The van der Waals surface area contributed by atoms with Gasteiger partial charge in [0.15, 0.2) is 0 Å². The molecule has 0 aliphatic heterocycles. The zero-order chi connectivity index (χ0) is 14.8. The number of halogens is 2. The molecule has 2 rings (SSSR count). The molecule has 1 saturated carbocycles. The molecule has 0 radical (unpaired) electrons. The van der Waals surface area contributed by atoms with Gasteiger partial charge in [0.1, 0.15) is 5.82 Å². The molecule has 1 aliphatic rings. The molecule has 0 spiro atoms. The monoisotopic (exact) mass is 343 g/mol. The Hall–Kier alpha value is -1.43. The van der Waals surface area contributed by atoms with Crippen molar-refractivity contribution in [3.8, 4) is 0 Å². The number of hydrogen-bond acceptors (Lipinski definition) is 2. The molecule has 20 heavy (non-hydrogen) atoms. The number of amides is 1. The largest absolute Gasteiger partial charge is 0.481 e. The molecule has 0 saturated heterocycles. The Kier molecular flexibility index (Phi) is 4.42. The van der Waals surface area contributed by atoms with Crippen LogP contribution in [-0.4, -0.2) is 22.5 Å². The van der Waals surface area contributed by atoms with Crippen molar-refractivity contribution in [2.75, 3.05) is 0 Å². The summed E-state index contributed by atoms with van der Waals surface area (Å²) in [5, 5.41) is 11.7. The van der Waals surface area contributed by atoms with Crippen molar-refractivity contribution in [2.24, 2.45) is 0 Å². The van der Waals surface area contributed by atoms with Crippen molar-refractivity contribution < 1.29 is 19.1 Å². The van der Waals surface area contributed by atoms with Crippen LogP contribution in [0.4, 0.5) is 4.39 Å². The van der Waals surface area contributed by atoms with Crippen molar-refractivity contribution in [3.05, 3.63) is 34.1 Å². The maximum Gasteiger partial charge on any atom is 0.305 e. The first kappa shape index (κ1) is 15.0. The zero-order valence-corrected chi connectivity index (χ0v) is 12.4. The first-order valence-electron chi connectivity index (χ1n) is 6.41. The zero-order valence-electron chi connectivity index (χ0n) is 10.8. The summed E-state index contributed by atoms with van der Waals surface area (Å²) in [6.07, 6.45) is 2.83. The van der Waals surface area contributed by atoms with Crippen LogP contribution >= 0.6 is 15.9 Å². The Morgan fingerprint density at radius 3 is 2.60 bits per heavy atom. The first-order valence-corrected chi connectivity index (χ1v) is 7.21. The Balaban J connectivity index is 2.20. The van der Waals surface area contributed by atoms with Gasteiger partial charge in [0, 0.05) is 4.47 Å². The Bertz CT molecular complexity index is 541. The van der Waals surface area contributed by atoms with Gasteiger partial charge in [-0.3, -0.25) is 9.59 Å². The summed E-state index contributed by atoms with van der Waals surface area (Å²) >= 11 is 3.19. The van der Waals surface area contributed by atoms with E-state index in [1.54, 1.807) is 0 Å². The van der Waals surface area contributed by atoms with Gasteiger partial charge in [-0.1, -0.05) is 28.8 Å². The summed E-state index contributed by atoms with van der Waals surface area (Å²) in [6, 6.07) is 4.11. The van der Waals surface area contributed by atoms with Crippen LogP contribution in [0.25, 0.3) is 0 Å². The topological polar surface area (TPSA) is 66.4 Å². The second-order valence-electron chi connectivity index (χ2n) is 5.14. The smallest absolute Gasteiger partial charge is 0.305 e. The van der Waals surface area contributed by atoms with E-state index in [4.69, 9.17) is 5.11 Å². The average molecular weight is 344 g/mol. The van der Waals surface area contributed by atoms with Gasteiger partial charge in [0.2, 0.25) is 0 Å². The summed E-state index contributed by atoms with van der Waals surface area (Å²) in [4.78, 5) is 23.2. The van der Waals surface area contributed by atoms with Crippen molar-refractivity contribution in [2.45, 2.75) is 37.6 Å². The van der Waals surface area contributed by atoms with Crippen LogP contribution in [0.2, 0.25) is 0 Å².